The van der Waals surface area contributed by atoms with Crippen LogP contribution < -0.4 is 10.1 Å². The van der Waals surface area contributed by atoms with E-state index in [4.69, 9.17) is 4.74 Å². The molecule has 1 aromatic rings. The van der Waals surface area contributed by atoms with Gasteiger partial charge in [-0.15, -0.1) is 0 Å². The largest absolute Gasteiger partial charge is 0.484 e. The molecule has 5 nitrogen and oxygen atoms in total. The summed E-state index contributed by atoms with van der Waals surface area (Å²) >= 11 is 0. The van der Waals surface area contributed by atoms with Gasteiger partial charge >= 0.3 is 0 Å². The maximum absolute atomic E-state index is 11.4. The van der Waals surface area contributed by atoms with Crippen molar-refractivity contribution in [3.63, 3.8) is 0 Å². The van der Waals surface area contributed by atoms with Crippen molar-refractivity contribution in [2.24, 2.45) is 0 Å². The Morgan fingerprint density at radius 3 is 2.44 bits per heavy atom. The van der Waals surface area contributed by atoms with Gasteiger partial charge in [-0.1, -0.05) is 0 Å². The maximum atomic E-state index is 11.4. The van der Waals surface area contributed by atoms with E-state index in [1.807, 2.05) is 0 Å². The van der Waals surface area contributed by atoms with Crippen LogP contribution in [-0.4, -0.2) is 33.2 Å². The van der Waals surface area contributed by atoms with Gasteiger partial charge in [0.25, 0.3) is 5.91 Å². The monoisotopic (exact) mass is 269 g/mol. The topological polar surface area (TPSA) is 72.5 Å². The summed E-state index contributed by atoms with van der Waals surface area (Å²) in [7, 11) is -3.19. The smallest absolute Gasteiger partial charge is 0.258 e. The predicted molar refractivity (Wildman–Crippen MR) is 66.2 cm³/mol. The van der Waals surface area contributed by atoms with Crippen molar-refractivity contribution >= 4 is 15.7 Å². The molecule has 0 aromatic heterocycles. The van der Waals surface area contributed by atoms with Crippen LogP contribution in [0.2, 0.25) is 0 Å². The van der Waals surface area contributed by atoms with Crippen LogP contribution in [0.4, 0.5) is 0 Å². The summed E-state index contributed by atoms with van der Waals surface area (Å²) in [6.45, 7) is -0.0469. The number of hydrogen-bond acceptors (Lipinski definition) is 4. The summed E-state index contributed by atoms with van der Waals surface area (Å²) in [5, 5.41) is 2.80. The first-order chi connectivity index (χ1) is 8.45. The van der Waals surface area contributed by atoms with Crippen LogP contribution in [0.1, 0.15) is 12.8 Å². The Hall–Kier alpha value is -1.56. The van der Waals surface area contributed by atoms with Crippen molar-refractivity contribution in [1.82, 2.24) is 5.32 Å². The lowest BCUT2D eigenvalue weighted by Gasteiger charge is -2.07. The molecule has 2 rings (SSSR count). The van der Waals surface area contributed by atoms with Gasteiger partial charge in [-0.25, -0.2) is 8.42 Å². The predicted octanol–water partition coefficient (Wildman–Crippen LogP) is 0.747. The SMILES string of the molecule is CS(=O)(=O)c1ccc(OCC(=O)NC2CC2)cc1. The zero-order valence-corrected chi connectivity index (χ0v) is 10.9. The highest BCUT2D eigenvalue weighted by Gasteiger charge is 2.23. The summed E-state index contributed by atoms with van der Waals surface area (Å²) < 4.78 is 27.7. The Morgan fingerprint density at radius 1 is 1.33 bits per heavy atom. The van der Waals surface area contributed by atoms with Crippen LogP contribution in [0, 0.1) is 0 Å². The Kier molecular flexibility index (Phi) is 3.56. The Morgan fingerprint density at radius 2 is 1.94 bits per heavy atom. The molecule has 0 unspecified atom stereocenters. The maximum Gasteiger partial charge on any atom is 0.258 e. The average Bonchev–Trinajstić information content (AvgIpc) is 3.10. The van der Waals surface area contributed by atoms with Gasteiger partial charge in [0.1, 0.15) is 5.75 Å². The minimum Gasteiger partial charge on any atom is -0.484 e. The number of benzene rings is 1. The Bertz CT molecular complexity index is 532. The summed E-state index contributed by atoms with van der Waals surface area (Å²) in [5.74, 6) is 0.332. The average molecular weight is 269 g/mol. The summed E-state index contributed by atoms with van der Waals surface area (Å²) in [6, 6.07) is 6.32. The molecule has 98 valence electrons. The number of carbonyl (C=O) groups excluding carboxylic acids is 1. The van der Waals surface area contributed by atoms with Gasteiger partial charge in [-0.2, -0.15) is 0 Å². The molecule has 0 heterocycles. The molecule has 1 aliphatic carbocycles. The lowest BCUT2D eigenvalue weighted by molar-refractivity contribution is -0.123. The third-order valence-corrected chi connectivity index (χ3v) is 3.69. The number of sulfone groups is 1. The molecule has 1 amide bonds. The third kappa shape index (κ3) is 3.73. The van der Waals surface area contributed by atoms with Crippen molar-refractivity contribution in [3.8, 4) is 5.75 Å². The highest BCUT2D eigenvalue weighted by Crippen LogP contribution is 2.19. The van der Waals surface area contributed by atoms with Gasteiger partial charge in [-0.05, 0) is 37.1 Å². The lowest BCUT2D eigenvalue weighted by Crippen LogP contribution is -2.30. The number of nitrogens with one attached hydrogen (secondary N) is 1. The molecular weight excluding hydrogens is 254 g/mol. The van der Waals surface area contributed by atoms with E-state index < -0.39 is 9.84 Å². The van der Waals surface area contributed by atoms with Crippen molar-refractivity contribution in [1.29, 1.82) is 0 Å². The van der Waals surface area contributed by atoms with E-state index in [1.165, 1.54) is 12.1 Å². The fraction of sp³-hybridized carbons (Fsp3) is 0.417. The van der Waals surface area contributed by atoms with Crippen LogP contribution in [0.15, 0.2) is 29.2 Å². The van der Waals surface area contributed by atoms with Gasteiger partial charge in [-0.3, -0.25) is 4.79 Å². The van der Waals surface area contributed by atoms with E-state index in [9.17, 15) is 13.2 Å². The van der Waals surface area contributed by atoms with E-state index >= 15 is 0 Å². The Balaban J connectivity index is 1.87. The minimum atomic E-state index is -3.19. The standard InChI is InChI=1S/C12H15NO4S/c1-18(15,16)11-6-4-10(5-7-11)17-8-12(14)13-9-2-3-9/h4-7,9H,2-3,8H2,1H3,(H,13,14). The van der Waals surface area contributed by atoms with E-state index in [1.54, 1.807) is 12.1 Å². The first-order valence-electron chi connectivity index (χ1n) is 5.67. The molecule has 1 saturated carbocycles. The van der Waals surface area contributed by atoms with E-state index in [2.05, 4.69) is 5.32 Å². The molecule has 0 saturated heterocycles. The molecule has 0 radical (unpaired) electrons. The molecule has 1 aliphatic rings. The van der Waals surface area contributed by atoms with E-state index in [0.717, 1.165) is 19.1 Å². The normalized spacial score (nSPS) is 15.2. The molecule has 0 spiro atoms. The zero-order chi connectivity index (χ0) is 13.2. The highest BCUT2D eigenvalue weighted by atomic mass is 32.2. The molecular formula is C12H15NO4S. The second-order valence-corrected chi connectivity index (χ2v) is 6.39. The molecule has 18 heavy (non-hydrogen) atoms. The molecule has 0 atom stereocenters. The van der Waals surface area contributed by atoms with Gasteiger partial charge in [0.2, 0.25) is 0 Å². The molecule has 0 bridgehead atoms. The molecule has 1 aromatic carbocycles. The van der Waals surface area contributed by atoms with Crippen LogP contribution in [0.5, 0.6) is 5.75 Å². The minimum absolute atomic E-state index is 0.0469. The number of carbonyl (C=O) groups is 1. The van der Waals surface area contributed by atoms with Crippen molar-refractivity contribution in [3.05, 3.63) is 24.3 Å². The summed E-state index contributed by atoms with van der Waals surface area (Å²) in [4.78, 5) is 11.6. The fourth-order valence-electron chi connectivity index (χ4n) is 1.43. The lowest BCUT2D eigenvalue weighted by atomic mass is 10.3. The molecule has 1 N–H and O–H groups in total. The molecule has 6 heteroatoms. The van der Waals surface area contributed by atoms with Gasteiger partial charge in [0.05, 0.1) is 4.90 Å². The van der Waals surface area contributed by atoms with Gasteiger partial charge in [0.15, 0.2) is 16.4 Å². The molecule has 1 fully saturated rings. The summed E-state index contributed by atoms with van der Waals surface area (Å²) in [5.41, 5.74) is 0. The number of rotatable bonds is 5. The van der Waals surface area contributed by atoms with Crippen LogP contribution in [-0.2, 0) is 14.6 Å². The first kappa shape index (κ1) is 12.9. The summed E-state index contributed by atoms with van der Waals surface area (Å²) in [6.07, 6.45) is 3.22. The number of hydrogen-bond donors (Lipinski definition) is 1. The first-order valence-corrected chi connectivity index (χ1v) is 7.56. The van der Waals surface area contributed by atoms with Crippen LogP contribution in [0.25, 0.3) is 0 Å². The van der Waals surface area contributed by atoms with Gasteiger partial charge < -0.3 is 10.1 Å². The fourth-order valence-corrected chi connectivity index (χ4v) is 2.06. The molecule has 0 aliphatic heterocycles. The number of ether oxygens (including phenoxy) is 1. The van der Waals surface area contributed by atoms with Gasteiger partial charge in [0, 0.05) is 12.3 Å². The van der Waals surface area contributed by atoms with Crippen LogP contribution in [0.3, 0.4) is 0 Å². The second-order valence-electron chi connectivity index (χ2n) is 4.37. The Labute approximate surface area is 106 Å². The highest BCUT2D eigenvalue weighted by molar-refractivity contribution is 7.90. The third-order valence-electron chi connectivity index (χ3n) is 2.56. The number of amides is 1. The zero-order valence-electron chi connectivity index (χ0n) is 10.0. The van der Waals surface area contributed by atoms with Crippen molar-refractivity contribution < 1.29 is 17.9 Å². The quantitative estimate of drug-likeness (QED) is 0.856. The van der Waals surface area contributed by atoms with Crippen LogP contribution >= 0.6 is 0 Å². The second kappa shape index (κ2) is 4.97. The van der Waals surface area contributed by atoms with E-state index in [0.29, 0.717) is 11.8 Å². The van der Waals surface area contributed by atoms with Crippen molar-refractivity contribution in [2.45, 2.75) is 23.8 Å². The van der Waals surface area contributed by atoms with E-state index in [-0.39, 0.29) is 17.4 Å². The van der Waals surface area contributed by atoms with Crippen molar-refractivity contribution in [2.75, 3.05) is 12.9 Å².